The van der Waals surface area contributed by atoms with Gasteiger partial charge in [-0.3, -0.25) is 0 Å². The molecule has 0 aromatic heterocycles. The molecule has 5 heteroatoms. The Hall–Kier alpha value is -0.780. The lowest BCUT2D eigenvalue weighted by molar-refractivity contribution is 0.353. The number of methoxy groups -OCH3 is 2. The van der Waals surface area contributed by atoms with Gasteiger partial charge in [-0.15, -0.1) is 0 Å². The third kappa shape index (κ3) is 3.86. The molecule has 1 aromatic rings. The summed E-state index contributed by atoms with van der Waals surface area (Å²) < 4.78 is 11.5. The van der Waals surface area contributed by atoms with E-state index in [1.165, 1.54) is 0 Å². The highest BCUT2D eigenvalue weighted by molar-refractivity contribution is 9.10. The number of benzene rings is 1. The zero-order valence-electron chi connectivity index (χ0n) is 10.9. The van der Waals surface area contributed by atoms with E-state index in [9.17, 15) is 0 Å². The summed E-state index contributed by atoms with van der Waals surface area (Å²) in [6.45, 7) is 0.708. The second-order valence-corrected chi connectivity index (χ2v) is 4.97. The molecule has 0 radical (unpaired) electrons. The van der Waals surface area contributed by atoms with Crippen LogP contribution in [0.5, 0.6) is 11.5 Å². The van der Waals surface area contributed by atoms with Crippen LogP contribution < -0.4 is 20.9 Å². The van der Waals surface area contributed by atoms with Gasteiger partial charge in [0.2, 0.25) is 0 Å². The fraction of sp³-hybridized carbons (Fsp3) is 0.538. The van der Waals surface area contributed by atoms with E-state index in [2.05, 4.69) is 15.9 Å². The Morgan fingerprint density at radius 3 is 2.33 bits per heavy atom. The molecule has 0 aliphatic carbocycles. The van der Waals surface area contributed by atoms with Crippen molar-refractivity contribution in [1.29, 1.82) is 0 Å². The molecule has 1 aromatic carbocycles. The number of hydrogen-bond donors (Lipinski definition) is 2. The summed E-state index contributed by atoms with van der Waals surface area (Å²) >= 11 is 3.52. The van der Waals surface area contributed by atoms with Gasteiger partial charge < -0.3 is 20.9 Å². The summed E-state index contributed by atoms with van der Waals surface area (Å²) in [6.07, 6.45) is 2.93. The molecule has 1 atom stereocenters. The summed E-state index contributed by atoms with van der Waals surface area (Å²) in [6, 6.07) is 3.79. The van der Waals surface area contributed by atoms with Gasteiger partial charge in [-0.05, 0) is 37.1 Å². The Morgan fingerprint density at radius 2 is 1.78 bits per heavy atom. The van der Waals surface area contributed by atoms with E-state index < -0.39 is 0 Å². The highest BCUT2D eigenvalue weighted by Gasteiger charge is 2.14. The van der Waals surface area contributed by atoms with Crippen LogP contribution in [0.15, 0.2) is 16.6 Å². The summed E-state index contributed by atoms with van der Waals surface area (Å²) in [5, 5.41) is 0. The van der Waals surface area contributed by atoms with Gasteiger partial charge in [0.15, 0.2) is 11.5 Å². The van der Waals surface area contributed by atoms with Crippen LogP contribution in [0.2, 0.25) is 0 Å². The minimum absolute atomic E-state index is 0.0225. The molecule has 0 saturated heterocycles. The van der Waals surface area contributed by atoms with Gasteiger partial charge in [-0.1, -0.05) is 22.4 Å². The molecule has 102 valence electrons. The molecule has 18 heavy (non-hydrogen) atoms. The average Bonchev–Trinajstić information content (AvgIpc) is 2.38. The minimum Gasteiger partial charge on any atom is -0.493 e. The molecular formula is C13H21BrN2O2. The van der Waals surface area contributed by atoms with Crippen LogP contribution in [0.4, 0.5) is 0 Å². The molecule has 0 aliphatic rings. The van der Waals surface area contributed by atoms with Crippen LogP contribution in [0.25, 0.3) is 0 Å². The van der Waals surface area contributed by atoms with Gasteiger partial charge in [0.05, 0.1) is 14.2 Å². The summed E-state index contributed by atoms with van der Waals surface area (Å²) in [7, 11) is 3.24. The monoisotopic (exact) mass is 316 g/mol. The van der Waals surface area contributed by atoms with E-state index in [1.807, 2.05) is 12.1 Å². The fourth-order valence-corrected chi connectivity index (χ4v) is 2.43. The van der Waals surface area contributed by atoms with Gasteiger partial charge in [-0.25, -0.2) is 0 Å². The lowest BCUT2D eigenvalue weighted by atomic mass is 10.0. The van der Waals surface area contributed by atoms with Crippen LogP contribution >= 0.6 is 15.9 Å². The van der Waals surface area contributed by atoms with E-state index in [-0.39, 0.29) is 6.04 Å². The van der Waals surface area contributed by atoms with Crippen molar-refractivity contribution in [2.75, 3.05) is 20.8 Å². The van der Waals surface area contributed by atoms with Crippen molar-refractivity contribution in [2.45, 2.75) is 25.3 Å². The van der Waals surface area contributed by atoms with E-state index in [1.54, 1.807) is 14.2 Å². The van der Waals surface area contributed by atoms with Crippen molar-refractivity contribution in [3.05, 3.63) is 22.2 Å². The smallest absolute Gasteiger partial charge is 0.161 e. The van der Waals surface area contributed by atoms with Crippen molar-refractivity contribution in [2.24, 2.45) is 11.5 Å². The first kappa shape index (κ1) is 15.3. The van der Waals surface area contributed by atoms with E-state index in [0.717, 1.165) is 29.3 Å². The standard InChI is InChI=1S/C13H21BrN2O2/c1-17-12-7-9(10(14)8-13(12)18-2)11(16)5-3-4-6-15/h7-8,11H,3-6,15-16H2,1-2H3/t11-/m0/s1. The molecule has 0 saturated carbocycles. The zero-order valence-corrected chi connectivity index (χ0v) is 12.5. The number of ether oxygens (including phenoxy) is 2. The third-order valence-electron chi connectivity index (χ3n) is 2.87. The Morgan fingerprint density at radius 1 is 1.17 bits per heavy atom. The van der Waals surface area contributed by atoms with E-state index >= 15 is 0 Å². The van der Waals surface area contributed by atoms with Gasteiger partial charge in [0.25, 0.3) is 0 Å². The summed E-state index contributed by atoms with van der Waals surface area (Å²) in [5.41, 5.74) is 12.7. The molecule has 0 fully saturated rings. The highest BCUT2D eigenvalue weighted by Crippen LogP contribution is 2.36. The lowest BCUT2D eigenvalue weighted by Crippen LogP contribution is -2.12. The number of rotatable bonds is 7. The second kappa shape index (κ2) is 7.61. The summed E-state index contributed by atoms with van der Waals surface area (Å²) in [5.74, 6) is 1.40. The van der Waals surface area contributed by atoms with E-state index in [0.29, 0.717) is 18.0 Å². The topological polar surface area (TPSA) is 70.5 Å². The fourth-order valence-electron chi connectivity index (χ4n) is 1.82. The Bertz CT molecular complexity index is 385. The number of hydrogen-bond acceptors (Lipinski definition) is 4. The van der Waals surface area contributed by atoms with E-state index in [4.69, 9.17) is 20.9 Å². The van der Waals surface area contributed by atoms with Crippen LogP contribution in [-0.4, -0.2) is 20.8 Å². The first-order valence-corrected chi connectivity index (χ1v) is 6.80. The maximum atomic E-state index is 6.18. The maximum Gasteiger partial charge on any atom is 0.161 e. The van der Waals surface area contributed by atoms with Gasteiger partial charge in [0, 0.05) is 10.5 Å². The van der Waals surface area contributed by atoms with Crippen LogP contribution in [0, 0.1) is 0 Å². The molecule has 0 aliphatic heterocycles. The first-order chi connectivity index (χ1) is 8.63. The number of nitrogens with two attached hydrogens (primary N) is 2. The molecule has 0 amide bonds. The predicted octanol–water partition coefficient (Wildman–Crippen LogP) is 2.60. The minimum atomic E-state index is -0.0225. The highest BCUT2D eigenvalue weighted by atomic mass is 79.9. The molecule has 1 rings (SSSR count). The van der Waals surface area contributed by atoms with Gasteiger partial charge >= 0.3 is 0 Å². The van der Waals surface area contributed by atoms with Gasteiger partial charge in [0.1, 0.15) is 0 Å². The normalized spacial score (nSPS) is 12.3. The molecule has 0 spiro atoms. The molecule has 4 nitrogen and oxygen atoms in total. The van der Waals surface area contributed by atoms with Crippen LogP contribution in [0.1, 0.15) is 30.9 Å². The average molecular weight is 317 g/mol. The molecule has 0 heterocycles. The second-order valence-electron chi connectivity index (χ2n) is 4.12. The van der Waals surface area contributed by atoms with Crippen molar-refractivity contribution >= 4 is 15.9 Å². The number of halogens is 1. The Labute approximate surface area is 117 Å². The van der Waals surface area contributed by atoms with Crippen molar-refractivity contribution in [3.8, 4) is 11.5 Å². The van der Waals surface area contributed by atoms with Crippen LogP contribution in [-0.2, 0) is 0 Å². The zero-order chi connectivity index (χ0) is 13.5. The summed E-state index contributed by atoms with van der Waals surface area (Å²) in [4.78, 5) is 0. The lowest BCUT2D eigenvalue weighted by Gasteiger charge is -2.17. The molecular weight excluding hydrogens is 296 g/mol. The van der Waals surface area contributed by atoms with Crippen LogP contribution in [0.3, 0.4) is 0 Å². The quantitative estimate of drug-likeness (QED) is 0.758. The van der Waals surface area contributed by atoms with Crippen molar-refractivity contribution < 1.29 is 9.47 Å². The van der Waals surface area contributed by atoms with Crippen molar-refractivity contribution in [1.82, 2.24) is 0 Å². The maximum absolute atomic E-state index is 6.18. The molecule has 0 unspecified atom stereocenters. The Balaban J connectivity index is 2.87. The molecule has 0 bridgehead atoms. The third-order valence-corrected chi connectivity index (χ3v) is 3.56. The number of unbranched alkanes of at least 4 members (excludes halogenated alkanes) is 1. The first-order valence-electron chi connectivity index (χ1n) is 6.01. The van der Waals surface area contributed by atoms with Gasteiger partial charge in [-0.2, -0.15) is 0 Å². The van der Waals surface area contributed by atoms with Crippen molar-refractivity contribution in [3.63, 3.8) is 0 Å². The molecule has 4 N–H and O–H groups in total. The SMILES string of the molecule is COc1cc(Br)c([C@@H](N)CCCCN)cc1OC. The largest absolute Gasteiger partial charge is 0.493 e. The Kier molecular flexibility index (Phi) is 6.46. The predicted molar refractivity (Wildman–Crippen MR) is 77.1 cm³/mol.